The number of para-hydroxylation sites is 1. The summed E-state index contributed by atoms with van der Waals surface area (Å²) in [7, 11) is 0. The fourth-order valence-corrected chi connectivity index (χ4v) is 2.45. The zero-order valence-electron chi connectivity index (χ0n) is 12.8. The van der Waals surface area contributed by atoms with E-state index in [4.69, 9.17) is 10.8 Å². The zero-order chi connectivity index (χ0) is 17.1. The van der Waals surface area contributed by atoms with Gasteiger partial charge in [0, 0.05) is 23.7 Å². The second-order valence-electron chi connectivity index (χ2n) is 5.44. The third-order valence-corrected chi connectivity index (χ3v) is 3.69. The monoisotopic (exact) mass is 325 g/mol. The molecule has 0 amide bonds. The molecular weight excluding hydrogens is 309 g/mol. The van der Waals surface area contributed by atoms with Crippen LogP contribution in [-0.2, 0) is 11.2 Å². The van der Waals surface area contributed by atoms with E-state index >= 15 is 0 Å². The number of benzene rings is 2. The fourth-order valence-electron chi connectivity index (χ4n) is 2.45. The first-order chi connectivity index (χ1) is 11.5. The maximum atomic E-state index is 13.2. The minimum atomic E-state index is -1.08. The quantitative estimate of drug-likeness (QED) is 0.755. The first kappa shape index (κ1) is 15.9. The van der Waals surface area contributed by atoms with Crippen LogP contribution >= 0.6 is 0 Å². The minimum absolute atomic E-state index is 0.134. The Balaban J connectivity index is 2.06. The number of hydrogen-bond donors (Lipinski definition) is 2. The van der Waals surface area contributed by atoms with E-state index in [0.717, 1.165) is 5.69 Å². The van der Waals surface area contributed by atoms with Crippen LogP contribution in [0.5, 0.6) is 0 Å². The van der Waals surface area contributed by atoms with Gasteiger partial charge in [-0.25, -0.2) is 9.07 Å². The van der Waals surface area contributed by atoms with E-state index in [1.807, 2.05) is 30.3 Å². The lowest BCUT2D eigenvalue weighted by atomic mass is 10.0. The smallest absolute Gasteiger partial charge is 0.320 e. The first-order valence-electron chi connectivity index (χ1n) is 7.43. The van der Waals surface area contributed by atoms with Crippen LogP contribution in [0.3, 0.4) is 0 Å². The zero-order valence-corrected chi connectivity index (χ0v) is 12.8. The average Bonchev–Trinajstić information content (AvgIpc) is 3.00. The number of carboxylic acid groups (broad SMARTS) is 1. The van der Waals surface area contributed by atoms with E-state index in [2.05, 4.69) is 5.10 Å². The third kappa shape index (κ3) is 3.33. The van der Waals surface area contributed by atoms with Gasteiger partial charge in [0.15, 0.2) is 0 Å². The molecule has 0 aliphatic heterocycles. The van der Waals surface area contributed by atoms with Crippen LogP contribution in [0.4, 0.5) is 4.39 Å². The molecule has 2 aromatic carbocycles. The summed E-state index contributed by atoms with van der Waals surface area (Å²) in [5, 5.41) is 13.6. The standard InChI is InChI=1S/C18H16FN3O2/c19-14-8-6-12(7-9-14)17-13(10-16(20)18(23)24)11-22(21-17)15-4-2-1-3-5-15/h1-9,11,16H,10,20H2,(H,23,24). The lowest BCUT2D eigenvalue weighted by Gasteiger charge is -2.06. The summed E-state index contributed by atoms with van der Waals surface area (Å²) >= 11 is 0. The van der Waals surface area contributed by atoms with Crippen molar-refractivity contribution in [1.82, 2.24) is 9.78 Å². The van der Waals surface area contributed by atoms with Gasteiger partial charge in [0.2, 0.25) is 0 Å². The van der Waals surface area contributed by atoms with Crippen molar-refractivity contribution >= 4 is 5.97 Å². The maximum Gasteiger partial charge on any atom is 0.320 e. The number of nitrogens with zero attached hydrogens (tertiary/aromatic N) is 2. The summed E-state index contributed by atoms with van der Waals surface area (Å²) in [5.41, 5.74) is 8.51. The van der Waals surface area contributed by atoms with Gasteiger partial charge in [-0.2, -0.15) is 5.10 Å². The van der Waals surface area contributed by atoms with Gasteiger partial charge in [-0.15, -0.1) is 0 Å². The summed E-state index contributed by atoms with van der Waals surface area (Å²) < 4.78 is 14.8. The molecule has 3 rings (SSSR count). The summed E-state index contributed by atoms with van der Waals surface area (Å²) in [6, 6.07) is 14.3. The highest BCUT2D eigenvalue weighted by Gasteiger charge is 2.19. The molecule has 0 bridgehead atoms. The molecule has 0 aliphatic carbocycles. The number of hydrogen-bond acceptors (Lipinski definition) is 3. The van der Waals surface area contributed by atoms with Crippen molar-refractivity contribution in [3.63, 3.8) is 0 Å². The Morgan fingerprint density at radius 3 is 2.46 bits per heavy atom. The van der Waals surface area contributed by atoms with Crippen molar-refractivity contribution in [2.75, 3.05) is 0 Å². The van der Waals surface area contributed by atoms with E-state index in [-0.39, 0.29) is 12.2 Å². The van der Waals surface area contributed by atoms with Crippen molar-refractivity contribution in [3.05, 3.63) is 72.2 Å². The molecule has 1 heterocycles. The van der Waals surface area contributed by atoms with E-state index in [1.165, 1.54) is 12.1 Å². The van der Waals surface area contributed by atoms with Crippen molar-refractivity contribution in [1.29, 1.82) is 0 Å². The largest absolute Gasteiger partial charge is 0.480 e. The van der Waals surface area contributed by atoms with Crippen LogP contribution in [0.2, 0.25) is 0 Å². The molecule has 0 aliphatic rings. The van der Waals surface area contributed by atoms with Crippen LogP contribution in [0.1, 0.15) is 5.56 Å². The van der Waals surface area contributed by atoms with Crippen LogP contribution in [0.25, 0.3) is 16.9 Å². The Morgan fingerprint density at radius 2 is 1.83 bits per heavy atom. The van der Waals surface area contributed by atoms with Crippen molar-refractivity contribution in [2.24, 2.45) is 5.73 Å². The Morgan fingerprint density at radius 1 is 1.17 bits per heavy atom. The normalized spacial score (nSPS) is 12.1. The summed E-state index contributed by atoms with van der Waals surface area (Å²) in [6.07, 6.45) is 1.89. The van der Waals surface area contributed by atoms with Gasteiger partial charge in [0.1, 0.15) is 11.9 Å². The van der Waals surface area contributed by atoms with Gasteiger partial charge in [-0.05, 0) is 36.4 Å². The number of rotatable bonds is 5. The van der Waals surface area contributed by atoms with Crippen molar-refractivity contribution < 1.29 is 14.3 Å². The topological polar surface area (TPSA) is 81.1 Å². The third-order valence-electron chi connectivity index (χ3n) is 3.69. The average molecular weight is 325 g/mol. The predicted molar refractivity (Wildman–Crippen MR) is 88.3 cm³/mol. The molecule has 0 radical (unpaired) electrons. The van der Waals surface area contributed by atoms with Gasteiger partial charge in [-0.3, -0.25) is 4.79 Å². The fraction of sp³-hybridized carbons (Fsp3) is 0.111. The van der Waals surface area contributed by atoms with Gasteiger partial charge in [-0.1, -0.05) is 18.2 Å². The molecule has 3 N–H and O–H groups in total. The summed E-state index contributed by atoms with van der Waals surface area (Å²) in [4.78, 5) is 11.1. The van der Waals surface area contributed by atoms with Crippen molar-refractivity contribution in [2.45, 2.75) is 12.5 Å². The van der Waals surface area contributed by atoms with Crippen LogP contribution in [0.15, 0.2) is 60.8 Å². The highest BCUT2D eigenvalue weighted by molar-refractivity contribution is 5.74. The minimum Gasteiger partial charge on any atom is -0.480 e. The molecule has 1 atom stereocenters. The first-order valence-corrected chi connectivity index (χ1v) is 7.43. The lowest BCUT2D eigenvalue weighted by molar-refractivity contribution is -0.138. The number of aliphatic carboxylic acids is 1. The molecule has 0 saturated heterocycles. The Kier molecular flexibility index (Phi) is 4.39. The van der Waals surface area contributed by atoms with Crippen molar-refractivity contribution in [3.8, 4) is 16.9 Å². The second kappa shape index (κ2) is 6.64. The Labute approximate surface area is 138 Å². The van der Waals surface area contributed by atoms with Crippen LogP contribution < -0.4 is 5.73 Å². The molecule has 6 heteroatoms. The van der Waals surface area contributed by atoms with Gasteiger partial charge in [0.05, 0.1) is 11.4 Å². The number of carboxylic acids is 1. The lowest BCUT2D eigenvalue weighted by Crippen LogP contribution is -2.32. The molecule has 3 aromatic rings. The van der Waals surface area contributed by atoms with Crippen LogP contribution in [-0.4, -0.2) is 26.9 Å². The molecule has 0 spiro atoms. The number of aromatic nitrogens is 2. The Bertz CT molecular complexity index is 844. The molecule has 24 heavy (non-hydrogen) atoms. The highest BCUT2D eigenvalue weighted by Crippen LogP contribution is 2.25. The summed E-state index contributed by atoms with van der Waals surface area (Å²) in [6.45, 7) is 0. The predicted octanol–water partition coefficient (Wildman–Crippen LogP) is 2.63. The molecular formula is C18H16FN3O2. The molecule has 1 aromatic heterocycles. The molecule has 5 nitrogen and oxygen atoms in total. The molecule has 0 fully saturated rings. The van der Waals surface area contributed by atoms with Gasteiger partial charge >= 0.3 is 5.97 Å². The number of carbonyl (C=O) groups is 1. The van der Waals surface area contributed by atoms with E-state index in [9.17, 15) is 9.18 Å². The van der Waals surface area contributed by atoms with Gasteiger partial charge in [0.25, 0.3) is 0 Å². The molecule has 1 unspecified atom stereocenters. The summed E-state index contributed by atoms with van der Waals surface area (Å²) in [5.74, 6) is -1.42. The maximum absolute atomic E-state index is 13.2. The van der Waals surface area contributed by atoms with E-state index in [1.54, 1.807) is 23.0 Å². The molecule has 0 saturated carbocycles. The SMILES string of the molecule is NC(Cc1cn(-c2ccccc2)nc1-c1ccc(F)cc1)C(=O)O. The Hall–Kier alpha value is -2.99. The van der Waals surface area contributed by atoms with Gasteiger partial charge < -0.3 is 10.8 Å². The van der Waals surface area contributed by atoms with E-state index in [0.29, 0.717) is 16.8 Å². The number of halogens is 1. The van der Waals surface area contributed by atoms with E-state index < -0.39 is 12.0 Å². The number of nitrogens with two attached hydrogens (primary N) is 1. The second-order valence-corrected chi connectivity index (χ2v) is 5.44. The molecule has 122 valence electrons. The van der Waals surface area contributed by atoms with Crippen LogP contribution in [0, 0.1) is 5.82 Å². The highest BCUT2D eigenvalue weighted by atomic mass is 19.1.